The number of para-hydroxylation sites is 2. The molecule has 8 nitrogen and oxygen atoms in total. The maximum absolute atomic E-state index is 12.3. The van der Waals surface area contributed by atoms with Crippen LogP contribution >= 0.6 is 0 Å². The quantitative estimate of drug-likeness (QED) is 0.710. The maximum Gasteiger partial charge on any atom is 0.338 e. The number of carbonyl (C=O) groups excluding carboxylic acids is 2. The van der Waals surface area contributed by atoms with Crippen LogP contribution in [0.5, 0.6) is 23.0 Å². The van der Waals surface area contributed by atoms with E-state index in [4.69, 9.17) is 23.7 Å². The highest BCUT2D eigenvalue weighted by molar-refractivity contribution is 5.92. The van der Waals surface area contributed by atoms with Gasteiger partial charge in [0.25, 0.3) is 5.91 Å². The second-order valence-corrected chi connectivity index (χ2v) is 6.71. The molecule has 4 rings (SSSR count). The summed E-state index contributed by atoms with van der Waals surface area (Å²) < 4.78 is 27.5. The first-order valence-corrected chi connectivity index (χ1v) is 9.29. The smallest absolute Gasteiger partial charge is 0.338 e. The molecule has 0 saturated carbocycles. The Morgan fingerprint density at radius 3 is 2.55 bits per heavy atom. The van der Waals surface area contributed by atoms with Crippen molar-refractivity contribution in [2.75, 3.05) is 40.0 Å². The summed E-state index contributed by atoms with van der Waals surface area (Å²) in [4.78, 5) is 26.0. The Hall–Kier alpha value is -3.42. The van der Waals surface area contributed by atoms with Crippen molar-refractivity contribution in [3.63, 3.8) is 0 Å². The fourth-order valence-electron chi connectivity index (χ4n) is 3.05. The number of fused-ring (bicyclic) bond motifs is 2. The number of hydrogen-bond acceptors (Lipinski definition) is 7. The van der Waals surface area contributed by atoms with Crippen LogP contribution in [0.3, 0.4) is 0 Å². The van der Waals surface area contributed by atoms with Crippen LogP contribution in [0.1, 0.15) is 10.4 Å². The van der Waals surface area contributed by atoms with Crippen molar-refractivity contribution in [1.82, 2.24) is 4.90 Å². The number of ether oxygens (including phenoxy) is 5. The molecule has 2 heterocycles. The van der Waals surface area contributed by atoms with Gasteiger partial charge in [0.15, 0.2) is 35.7 Å². The molecule has 0 bridgehead atoms. The van der Waals surface area contributed by atoms with E-state index >= 15 is 0 Å². The lowest BCUT2D eigenvalue weighted by molar-refractivity contribution is -0.134. The Labute approximate surface area is 167 Å². The van der Waals surface area contributed by atoms with Crippen LogP contribution in [-0.2, 0) is 9.53 Å². The molecule has 2 aliphatic rings. The minimum absolute atomic E-state index is 0.297. The van der Waals surface area contributed by atoms with Gasteiger partial charge in [-0.15, -0.1) is 0 Å². The van der Waals surface area contributed by atoms with E-state index in [1.807, 2.05) is 24.3 Å². The fourth-order valence-corrected chi connectivity index (χ4v) is 3.05. The summed E-state index contributed by atoms with van der Waals surface area (Å²) in [5, 5.41) is 0. The Kier molecular flexibility index (Phi) is 5.41. The van der Waals surface area contributed by atoms with Crippen LogP contribution in [0.25, 0.3) is 0 Å². The van der Waals surface area contributed by atoms with Gasteiger partial charge in [-0.2, -0.15) is 0 Å². The zero-order valence-corrected chi connectivity index (χ0v) is 16.0. The van der Waals surface area contributed by atoms with E-state index in [-0.39, 0.29) is 18.6 Å². The predicted molar refractivity (Wildman–Crippen MR) is 102 cm³/mol. The predicted octanol–water partition coefficient (Wildman–Crippen LogP) is 1.91. The second-order valence-electron chi connectivity index (χ2n) is 6.71. The van der Waals surface area contributed by atoms with Gasteiger partial charge in [-0.3, -0.25) is 4.79 Å². The van der Waals surface area contributed by atoms with Gasteiger partial charge < -0.3 is 28.6 Å². The van der Waals surface area contributed by atoms with Crippen molar-refractivity contribution in [3.8, 4) is 23.0 Å². The number of rotatable bonds is 5. The summed E-state index contributed by atoms with van der Waals surface area (Å²) in [6.45, 7) is 1.18. The molecule has 0 fully saturated rings. The third kappa shape index (κ3) is 4.37. The minimum Gasteiger partial charge on any atom is -0.486 e. The SMILES string of the molecule is CN(CC1COc2ccccc2O1)C(=O)COC(=O)c1ccc2c(c1)OCCO2. The third-order valence-electron chi connectivity index (χ3n) is 4.58. The number of benzene rings is 2. The van der Waals surface area contributed by atoms with Gasteiger partial charge in [-0.05, 0) is 30.3 Å². The lowest BCUT2D eigenvalue weighted by atomic mass is 10.2. The molecule has 2 aliphatic heterocycles. The summed E-state index contributed by atoms with van der Waals surface area (Å²) in [6, 6.07) is 12.2. The first-order chi connectivity index (χ1) is 14.1. The molecule has 8 heteroatoms. The van der Waals surface area contributed by atoms with E-state index < -0.39 is 5.97 Å². The molecule has 1 unspecified atom stereocenters. The first kappa shape index (κ1) is 18.9. The van der Waals surface area contributed by atoms with Crippen molar-refractivity contribution < 1.29 is 33.3 Å². The molecule has 0 spiro atoms. The minimum atomic E-state index is -0.602. The third-order valence-corrected chi connectivity index (χ3v) is 4.58. The van der Waals surface area contributed by atoms with Crippen molar-refractivity contribution in [3.05, 3.63) is 48.0 Å². The van der Waals surface area contributed by atoms with Crippen LogP contribution in [0.4, 0.5) is 0 Å². The monoisotopic (exact) mass is 399 g/mol. The summed E-state index contributed by atoms with van der Waals surface area (Å²) in [5.41, 5.74) is 0.297. The van der Waals surface area contributed by atoms with Crippen LogP contribution in [0.2, 0.25) is 0 Å². The molecule has 152 valence electrons. The largest absolute Gasteiger partial charge is 0.486 e. The van der Waals surface area contributed by atoms with E-state index in [0.717, 1.165) is 0 Å². The Morgan fingerprint density at radius 2 is 1.72 bits per heavy atom. The Balaban J connectivity index is 1.27. The van der Waals surface area contributed by atoms with E-state index in [1.54, 1.807) is 25.2 Å². The summed E-state index contributed by atoms with van der Waals surface area (Å²) in [7, 11) is 1.63. The van der Waals surface area contributed by atoms with E-state index in [1.165, 1.54) is 4.90 Å². The fraction of sp³-hybridized carbons (Fsp3) is 0.333. The zero-order valence-electron chi connectivity index (χ0n) is 16.0. The normalized spacial score (nSPS) is 16.7. The van der Waals surface area contributed by atoms with Crippen molar-refractivity contribution >= 4 is 11.9 Å². The Morgan fingerprint density at radius 1 is 1.00 bits per heavy atom. The summed E-state index contributed by atoms with van der Waals surface area (Å²) >= 11 is 0. The van der Waals surface area contributed by atoms with Gasteiger partial charge in [-0.25, -0.2) is 4.79 Å². The number of esters is 1. The van der Waals surface area contributed by atoms with Gasteiger partial charge >= 0.3 is 5.97 Å². The molecular formula is C21H21NO7. The molecule has 0 aromatic heterocycles. The lowest BCUT2D eigenvalue weighted by Gasteiger charge is -2.29. The molecule has 0 radical (unpaired) electrons. The van der Waals surface area contributed by atoms with Gasteiger partial charge in [0.1, 0.15) is 19.8 Å². The summed E-state index contributed by atoms with van der Waals surface area (Å²) in [5.74, 6) is 1.47. The number of hydrogen-bond donors (Lipinski definition) is 0. The first-order valence-electron chi connectivity index (χ1n) is 9.29. The molecule has 2 aromatic carbocycles. The highest BCUT2D eigenvalue weighted by Crippen LogP contribution is 2.32. The van der Waals surface area contributed by atoms with E-state index in [0.29, 0.717) is 54.9 Å². The van der Waals surface area contributed by atoms with Crippen LogP contribution in [0.15, 0.2) is 42.5 Å². The topological polar surface area (TPSA) is 83.5 Å². The lowest BCUT2D eigenvalue weighted by Crippen LogP contribution is -2.43. The standard InChI is InChI=1S/C21H21NO7/c1-22(11-15-12-27-16-4-2-3-5-18(16)29-15)20(23)13-28-21(24)14-6-7-17-19(10-14)26-9-8-25-17/h2-7,10,15H,8-9,11-13H2,1H3. The second kappa shape index (κ2) is 8.30. The van der Waals surface area contributed by atoms with Gasteiger partial charge in [0.05, 0.1) is 12.1 Å². The molecule has 0 N–H and O–H groups in total. The Bertz CT molecular complexity index is 914. The van der Waals surface area contributed by atoms with Crippen molar-refractivity contribution in [1.29, 1.82) is 0 Å². The molecule has 0 aliphatic carbocycles. The highest BCUT2D eigenvalue weighted by Gasteiger charge is 2.24. The van der Waals surface area contributed by atoms with Gasteiger partial charge in [0.2, 0.25) is 0 Å². The highest BCUT2D eigenvalue weighted by atomic mass is 16.6. The van der Waals surface area contributed by atoms with E-state index in [2.05, 4.69) is 0 Å². The average molecular weight is 399 g/mol. The number of nitrogens with zero attached hydrogens (tertiary/aromatic N) is 1. The number of amides is 1. The van der Waals surface area contributed by atoms with Gasteiger partial charge in [0, 0.05) is 7.05 Å². The zero-order chi connectivity index (χ0) is 20.2. The summed E-state index contributed by atoms with van der Waals surface area (Å²) in [6.07, 6.45) is -0.299. The van der Waals surface area contributed by atoms with Crippen LogP contribution in [0, 0.1) is 0 Å². The maximum atomic E-state index is 12.3. The van der Waals surface area contributed by atoms with Crippen molar-refractivity contribution in [2.24, 2.45) is 0 Å². The van der Waals surface area contributed by atoms with Crippen molar-refractivity contribution in [2.45, 2.75) is 6.10 Å². The molecule has 2 aromatic rings. The number of carbonyl (C=O) groups is 2. The molecule has 0 saturated heterocycles. The van der Waals surface area contributed by atoms with E-state index in [9.17, 15) is 9.59 Å². The molecular weight excluding hydrogens is 378 g/mol. The van der Waals surface area contributed by atoms with Crippen LogP contribution in [-0.4, -0.2) is 62.9 Å². The average Bonchev–Trinajstić information content (AvgIpc) is 2.76. The molecule has 29 heavy (non-hydrogen) atoms. The van der Waals surface area contributed by atoms with Crippen LogP contribution < -0.4 is 18.9 Å². The van der Waals surface area contributed by atoms with Gasteiger partial charge in [-0.1, -0.05) is 12.1 Å². The number of likely N-dealkylation sites (N-methyl/N-ethyl adjacent to an activating group) is 1. The molecule has 1 atom stereocenters. The molecule has 1 amide bonds.